The average Bonchev–Trinajstić information content (AvgIpc) is 2.84. The summed E-state index contributed by atoms with van der Waals surface area (Å²) in [5.74, 6) is 1.09. The van der Waals surface area contributed by atoms with Crippen molar-refractivity contribution in [3.8, 4) is 22.5 Å². The summed E-state index contributed by atoms with van der Waals surface area (Å²) in [6, 6.07) is 9.88. The lowest BCUT2D eigenvalue weighted by Gasteiger charge is -2.06. The molecule has 3 aromatic rings. The SMILES string of the molecule is Cc1cccc(-c2onc(N)c2-c2ccncc2)c1I. The number of benzene rings is 1. The second-order valence-electron chi connectivity index (χ2n) is 4.44. The van der Waals surface area contributed by atoms with Crippen molar-refractivity contribution in [2.24, 2.45) is 0 Å². The van der Waals surface area contributed by atoms with Gasteiger partial charge in [-0.25, -0.2) is 0 Å². The largest absolute Gasteiger partial charge is 0.380 e. The van der Waals surface area contributed by atoms with Crippen LogP contribution in [0.3, 0.4) is 0 Å². The molecule has 0 saturated carbocycles. The minimum atomic E-state index is 0.392. The van der Waals surface area contributed by atoms with E-state index in [0.29, 0.717) is 11.6 Å². The van der Waals surface area contributed by atoms with Crippen LogP contribution < -0.4 is 5.73 Å². The Bertz CT molecular complexity index is 753. The molecule has 0 aliphatic carbocycles. The molecule has 20 heavy (non-hydrogen) atoms. The van der Waals surface area contributed by atoms with E-state index in [1.54, 1.807) is 12.4 Å². The van der Waals surface area contributed by atoms with E-state index in [1.165, 1.54) is 5.56 Å². The molecule has 1 aromatic carbocycles. The Morgan fingerprint density at radius 1 is 1.15 bits per heavy atom. The average molecular weight is 377 g/mol. The van der Waals surface area contributed by atoms with Crippen molar-refractivity contribution in [2.45, 2.75) is 6.92 Å². The van der Waals surface area contributed by atoms with Gasteiger partial charge >= 0.3 is 0 Å². The highest BCUT2D eigenvalue weighted by Gasteiger charge is 2.19. The van der Waals surface area contributed by atoms with Crippen LogP contribution in [0.25, 0.3) is 22.5 Å². The molecule has 0 aliphatic heterocycles. The highest BCUT2D eigenvalue weighted by atomic mass is 127. The lowest BCUT2D eigenvalue weighted by Crippen LogP contribution is -1.91. The Hall–Kier alpha value is -1.89. The van der Waals surface area contributed by atoms with E-state index in [4.69, 9.17) is 10.3 Å². The van der Waals surface area contributed by atoms with Crippen LogP contribution in [-0.2, 0) is 0 Å². The zero-order chi connectivity index (χ0) is 14.1. The quantitative estimate of drug-likeness (QED) is 0.688. The number of anilines is 1. The number of aromatic nitrogens is 2. The van der Waals surface area contributed by atoms with E-state index in [0.717, 1.165) is 20.3 Å². The maximum Gasteiger partial charge on any atom is 0.177 e. The molecule has 0 aliphatic rings. The highest BCUT2D eigenvalue weighted by Crippen LogP contribution is 2.38. The number of rotatable bonds is 2. The number of nitrogens with zero attached hydrogens (tertiary/aromatic N) is 2. The molecule has 4 nitrogen and oxygen atoms in total. The molecule has 0 radical (unpaired) electrons. The van der Waals surface area contributed by atoms with Crippen LogP contribution in [0.1, 0.15) is 5.56 Å². The van der Waals surface area contributed by atoms with Gasteiger partial charge in [-0.15, -0.1) is 0 Å². The van der Waals surface area contributed by atoms with Crippen molar-refractivity contribution in [1.82, 2.24) is 10.1 Å². The van der Waals surface area contributed by atoms with E-state index < -0.39 is 0 Å². The van der Waals surface area contributed by atoms with Gasteiger partial charge in [0.1, 0.15) is 0 Å². The van der Waals surface area contributed by atoms with Crippen molar-refractivity contribution in [3.63, 3.8) is 0 Å². The Kier molecular flexibility index (Phi) is 3.43. The van der Waals surface area contributed by atoms with Crippen molar-refractivity contribution in [3.05, 3.63) is 51.9 Å². The normalized spacial score (nSPS) is 10.7. The molecule has 0 spiro atoms. The van der Waals surface area contributed by atoms with Crippen LogP contribution in [0.5, 0.6) is 0 Å². The Labute approximate surface area is 130 Å². The summed E-state index contributed by atoms with van der Waals surface area (Å²) >= 11 is 2.31. The topological polar surface area (TPSA) is 64.9 Å². The smallest absolute Gasteiger partial charge is 0.177 e. The first kappa shape index (κ1) is 13.1. The van der Waals surface area contributed by atoms with Gasteiger partial charge in [0.25, 0.3) is 0 Å². The second kappa shape index (κ2) is 5.24. The zero-order valence-electron chi connectivity index (χ0n) is 10.8. The maximum absolute atomic E-state index is 5.97. The van der Waals surface area contributed by atoms with Gasteiger partial charge in [-0.2, -0.15) is 0 Å². The number of nitrogens with two attached hydrogens (primary N) is 1. The Balaban J connectivity index is 2.24. The monoisotopic (exact) mass is 377 g/mol. The van der Waals surface area contributed by atoms with Gasteiger partial charge in [0, 0.05) is 21.5 Å². The van der Waals surface area contributed by atoms with Crippen LogP contribution in [0.15, 0.2) is 47.2 Å². The molecular weight excluding hydrogens is 365 g/mol. The van der Waals surface area contributed by atoms with Gasteiger partial charge in [-0.05, 0) is 52.8 Å². The number of nitrogen functional groups attached to an aromatic ring is 1. The molecule has 0 saturated heterocycles. The third-order valence-electron chi connectivity index (χ3n) is 3.12. The number of hydrogen-bond acceptors (Lipinski definition) is 4. The van der Waals surface area contributed by atoms with Gasteiger partial charge in [-0.1, -0.05) is 23.4 Å². The van der Waals surface area contributed by atoms with Crippen LogP contribution in [-0.4, -0.2) is 10.1 Å². The summed E-state index contributed by atoms with van der Waals surface area (Å²) in [7, 11) is 0. The first-order chi connectivity index (χ1) is 9.68. The summed E-state index contributed by atoms with van der Waals surface area (Å²) in [6.45, 7) is 2.07. The Morgan fingerprint density at radius 2 is 1.90 bits per heavy atom. The molecule has 5 heteroatoms. The molecule has 0 bridgehead atoms. The fourth-order valence-corrected chi connectivity index (χ4v) is 2.71. The van der Waals surface area contributed by atoms with E-state index in [9.17, 15) is 0 Å². The first-order valence-corrected chi connectivity index (χ1v) is 7.17. The zero-order valence-corrected chi connectivity index (χ0v) is 13.0. The van der Waals surface area contributed by atoms with Gasteiger partial charge in [0.2, 0.25) is 0 Å². The molecule has 2 heterocycles. The first-order valence-electron chi connectivity index (χ1n) is 6.09. The number of hydrogen-bond donors (Lipinski definition) is 1. The van der Waals surface area contributed by atoms with Gasteiger partial charge in [-0.3, -0.25) is 4.98 Å². The molecule has 0 unspecified atom stereocenters. The van der Waals surface area contributed by atoms with E-state index >= 15 is 0 Å². The molecular formula is C15H12IN3O. The molecule has 2 N–H and O–H groups in total. The van der Waals surface area contributed by atoms with Crippen LogP contribution in [0, 0.1) is 10.5 Å². The Morgan fingerprint density at radius 3 is 2.65 bits per heavy atom. The van der Waals surface area contributed by atoms with Crippen molar-refractivity contribution in [2.75, 3.05) is 5.73 Å². The predicted octanol–water partition coefficient (Wildman–Crippen LogP) is 3.90. The molecule has 0 amide bonds. The lowest BCUT2D eigenvalue weighted by atomic mass is 10.0. The van der Waals surface area contributed by atoms with Crippen molar-refractivity contribution in [1.29, 1.82) is 0 Å². The fraction of sp³-hybridized carbons (Fsp3) is 0.0667. The summed E-state index contributed by atoms with van der Waals surface area (Å²) in [5.41, 5.74) is 9.93. The van der Waals surface area contributed by atoms with Gasteiger partial charge < -0.3 is 10.3 Å². The maximum atomic E-state index is 5.97. The number of aryl methyl sites for hydroxylation is 1. The second-order valence-corrected chi connectivity index (χ2v) is 5.52. The van der Waals surface area contributed by atoms with Crippen molar-refractivity contribution < 1.29 is 4.52 Å². The summed E-state index contributed by atoms with van der Waals surface area (Å²) in [4.78, 5) is 4.03. The third kappa shape index (κ3) is 2.18. The molecule has 0 fully saturated rings. The van der Waals surface area contributed by atoms with Crippen LogP contribution in [0.2, 0.25) is 0 Å². The molecule has 0 atom stereocenters. The molecule has 2 aromatic heterocycles. The minimum absolute atomic E-state index is 0.392. The van der Waals surface area contributed by atoms with Crippen molar-refractivity contribution >= 4 is 28.4 Å². The van der Waals surface area contributed by atoms with E-state index in [2.05, 4.69) is 45.7 Å². The standard InChI is InChI=1S/C15H12IN3O/c1-9-3-2-4-11(13(9)16)14-12(15(17)19-20-14)10-5-7-18-8-6-10/h2-8H,1H3,(H2,17,19). The summed E-state index contributed by atoms with van der Waals surface area (Å²) in [5, 5.41) is 3.92. The number of halogens is 1. The molecule has 3 rings (SSSR count). The minimum Gasteiger partial charge on any atom is -0.380 e. The van der Waals surface area contributed by atoms with Gasteiger partial charge in [0.05, 0.1) is 5.56 Å². The van der Waals surface area contributed by atoms with E-state index in [1.807, 2.05) is 24.3 Å². The lowest BCUT2D eigenvalue weighted by molar-refractivity contribution is 0.436. The highest BCUT2D eigenvalue weighted by molar-refractivity contribution is 14.1. The van der Waals surface area contributed by atoms with E-state index in [-0.39, 0.29) is 0 Å². The third-order valence-corrected chi connectivity index (χ3v) is 4.56. The summed E-state index contributed by atoms with van der Waals surface area (Å²) < 4.78 is 6.61. The fourth-order valence-electron chi connectivity index (χ4n) is 2.11. The molecule has 100 valence electrons. The number of pyridine rings is 1. The van der Waals surface area contributed by atoms with Gasteiger partial charge in [0.15, 0.2) is 11.6 Å². The summed E-state index contributed by atoms with van der Waals surface area (Å²) in [6.07, 6.45) is 3.46. The van der Waals surface area contributed by atoms with Crippen LogP contribution in [0.4, 0.5) is 5.82 Å². The predicted molar refractivity (Wildman–Crippen MR) is 87.0 cm³/mol. The van der Waals surface area contributed by atoms with Crippen LogP contribution >= 0.6 is 22.6 Å².